The summed E-state index contributed by atoms with van der Waals surface area (Å²) in [5, 5.41) is 9.08. The zero-order valence-corrected chi connectivity index (χ0v) is 12.9. The molecular weight excluding hydrogens is 264 g/mol. The number of aromatic nitrogens is 3. The molecule has 1 aliphatic carbocycles. The number of hydrogen-bond acceptors (Lipinski definition) is 4. The molecule has 0 spiro atoms. The van der Waals surface area contributed by atoms with Crippen molar-refractivity contribution < 1.29 is 5.11 Å². The topological polar surface area (TPSA) is 53.7 Å². The molecule has 0 aromatic carbocycles. The Morgan fingerprint density at radius 1 is 1.33 bits per heavy atom. The van der Waals surface area contributed by atoms with E-state index in [9.17, 15) is 0 Å². The zero-order chi connectivity index (χ0) is 14.8. The SMILES string of the molecule is Cc1cc(C)n2cc(CN(CCCO)C3CCC3)nc2n1. The summed E-state index contributed by atoms with van der Waals surface area (Å²) in [4.78, 5) is 11.6. The van der Waals surface area contributed by atoms with Crippen molar-refractivity contribution in [2.45, 2.75) is 52.1 Å². The van der Waals surface area contributed by atoms with Crippen LogP contribution < -0.4 is 0 Å². The first-order valence-corrected chi connectivity index (χ1v) is 7.84. The van der Waals surface area contributed by atoms with Crippen molar-refractivity contribution in [3.63, 3.8) is 0 Å². The second-order valence-corrected chi connectivity index (χ2v) is 6.07. The Morgan fingerprint density at radius 3 is 2.81 bits per heavy atom. The van der Waals surface area contributed by atoms with Crippen molar-refractivity contribution in [3.05, 3.63) is 29.3 Å². The van der Waals surface area contributed by atoms with Crippen LogP contribution in [0, 0.1) is 13.8 Å². The molecule has 0 radical (unpaired) electrons. The summed E-state index contributed by atoms with van der Waals surface area (Å²) in [6, 6.07) is 2.74. The van der Waals surface area contributed by atoms with Crippen molar-refractivity contribution in [2.24, 2.45) is 0 Å². The Morgan fingerprint density at radius 2 is 2.14 bits per heavy atom. The van der Waals surface area contributed by atoms with E-state index in [1.807, 2.05) is 6.92 Å². The fraction of sp³-hybridized carbons (Fsp3) is 0.625. The molecule has 0 saturated heterocycles. The molecule has 5 nitrogen and oxygen atoms in total. The maximum absolute atomic E-state index is 9.08. The van der Waals surface area contributed by atoms with E-state index < -0.39 is 0 Å². The minimum Gasteiger partial charge on any atom is -0.396 e. The summed E-state index contributed by atoms with van der Waals surface area (Å²) in [6.07, 6.45) is 6.80. The van der Waals surface area contributed by atoms with E-state index >= 15 is 0 Å². The van der Waals surface area contributed by atoms with Gasteiger partial charge in [-0.05, 0) is 39.2 Å². The van der Waals surface area contributed by atoms with Gasteiger partial charge in [-0.2, -0.15) is 0 Å². The molecule has 0 atom stereocenters. The van der Waals surface area contributed by atoms with Crippen LogP contribution in [0.3, 0.4) is 0 Å². The van der Waals surface area contributed by atoms with Crippen LogP contribution in [-0.2, 0) is 6.54 Å². The Labute approximate surface area is 125 Å². The highest BCUT2D eigenvalue weighted by Crippen LogP contribution is 2.26. The van der Waals surface area contributed by atoms with Gasteiger partial charge in [-0.3, -0.25) is 9.30 Å². The smallest absolute Gasteiger partial charge is 0.234 e. The molecule has 1 saturated carbocycles. The molecule has 0 amide bonds. The van der Waals surface area contributed by atoms with E-state index in [4.69, 9.17) is 5.11 Å². The van der Waals surface area contributed by atoms with Crippen molar-refractivity contribution in [2.75, 3.05) is 13.2 Å². The largest absolute Gasteiger partial charge is 0.396 e. The van der Waals surface area contributed by atoms with E-state index in [1.165, 1.54) is 25.0 Å². The molecule has 0 aliphatic heterocycles. The van der Waals surface area contributed by atoms with Crippen LogP contribution in [0.15, 0.2) is 12.3 Å². The second-order valence-electron chi connectivity index (χ2n) is 6.07. The average molecular weight is 288 g/mol. The van der Waals surface area contributed by atoms with E-state index in [0.717, 1.165) is 36.7 Å². The number of aryl methyl sites for hydroxylation is 2. The summed E-state index contributed by atoms with van der Waals surface area (Å²) >= 11 is 0. The Balaban J connectivity index is 1.80. The van der Waals surface area contributed by atoms with E-state index in [0.29, 0.717) is 6.04 Å². The molecule has 5 heteroatoms. The first-order chi connectivity index (χ1) is 10.2. The zero-order valence-electron chi connectivity index (χ0n) is 12.9. The number of nitrogens with zero attached hydrogens (tertiary/aromatic N) is 4. The number of aliphatic hydroxyl groups excluding tert-OH is 1. The van der Waals surface area contributed by atoms with E-state index in [2.05, 4.69) is 38.5 Å². The van der Waals surface area contributed by atoms with Gasteiger partial charge in [0.05, 0.1) is 5.69 Å². The third-order valence-electron chi connectivity index (χ3n) is 4.37. The van der Waals surface area contributed by atoms with Gasteiger partial charge in [0.15, 0.2) is 0 Å². The van der Waals surface area contributed by atoms with Gasteiger partial charge in [-0.1, -0.05) is 6.42 Å². The van der Waals surface area contributed by atoms with Gasteiger partial charge in [0.25, 0.3) is 0 Å². The summed E-state index contributed by atoms with van der Waals surface area (Å²) in [5.41, 5.74) is 3.25. The minimum absolute atomic E-state index is 0.258. The predicted molar refractivity (Wildman–Crippen MR) is 82.2 cm³/mol. The molecule has 114 valence electrons. The Hall–Kier alpha value is -1.46. The number of aliphatic hydroxyl groups is 1. The Bertz CT molecular complexity index is 618. The van der Waals surface area contributed by atoms with Gasteiger partial charge < -0.3 is 5.11 Å². The highest BCUT2D eigenvalue weighted by Gasteiger charge is 2.25. The lowest BCUT2D eigenvalue weighted by Crippen LogP contribution is -2.40. The third-order valence-corrected chi connectivity index (χ3v) is 4.37. The molecule has 1 fully saturated rings. The van der Waals surface area contributed by atoms with Crippen LogP contribution in [0.4, 0.5) is 0 Å². The Kier molecular flexibility index (Phi) is 4.22. The lowest BCUT2D eigenvalue weighted by molar-refractivity contribution is 0.108. The molecule has 1 N–H and O–H groups in total. The maximum Gasteiger partial charge on any atom is 0.234 e. The summed E-state index contributed by atoms with van der Waals surface area (Å²) in [6.45, 7) is 6.15. The lowest BCUT2D eigenvalue weighted by Gasteiger charge is -2.37. The van der Waals surface area contributed by atoms with Crippen LogP contribution in [0.5, 0.6) is 0 Å². The molecule has 0 bridgehead atoms. The summed E-state index contributed by atoms with van der Waals surface area (Å²) in [5.74, 6) is 0.790. The van der Waals surface area contributed by atoms with Crippen molar-refractivity contribution >= 4 is 5.78 Å². The lowest BCUT2D eigenvalue weighted by atomic mass is 9.91. The van der Waals surface area contributed by atoms with Gasteiger partial charge in [-0.25, -0.2) is 9.97 Å². The number of fused-ring (bicyclic) bond motifs is 1. The highest BCUT2D eigenvalue weighted by molar-refractivity contribution is 5.34. The number of hydrogen-bond donors (Lipinski definition) is 1. The molecule has 2 aromatic heterocycles. The number of rotatable bonds is 6. The molecule has 21 heavy (non-hydrogen) atoms. The van der Waals surface area contributed by atoms with Crippen LogP contribution >= 0.6 is 0 Å². The van der Waals surface area contributed by atoms with Crippen molar-refractivity contribution in [1.82, 2.24) is 19.3 Å². The standard InChI is InChI=1S/C16H24N4O/c1-12-9-13(2)20-11-14(18-16(20)17-12)10-19(7-4-8-21)15-5-3-6-15/h9,11,15,21H,3-8,10H2,1-2H3. The minimum atomic E-state index is 0.258. The van der Waals surface area contributed by atoms with E-state index in [-0.39, 0.29) is 6.61 Å². The molecule has 0 unspecified atom stereocenters. The summed E-state index contributed by atoms with van der Waals surface area (Å²) < 4.78 is 2.06. The first kappa shape index (κ1) is 14.5. The van der Waals surface area contributed by atoms with Gasteiger partial charge in [0, 0.05) is 43.3 Å². The predicted octanol–water partition coefficient (Wildman–Crippen LogP) is 2.08. The van der Waals surface area contributed by atoms with Crippen LogP contribution in [-0.4, -0.2) is 43.6 Å². The maximum atomic E-state index is 9.08. The van der Waals surface area contributed by atoms with Crippen molar-refractivity contribution in [1.29, 1.82) is 0 Å². The van der Waals surface area contributed by atoms with Crippen LogP contribution in [0.1, 0.15) is 42.8 Å². The van der Waals surface area contributed by atoms with Gasteiger partial charge in [-0.15, -0.1) is 0 Å². The van der Waals surface area contributed by atoms with Crippen molar-refractivity contribution in [3.8, 4) is 0 Å². The van der Waals surface area contributed by atoms with E-state index in [1.54, 1.807) is 0 Å². The molecule has 2 aromatic rings. The summed E-state index contributed by atoms with van der Waals surface area (Å²) in [7, 11) is 0. The van der Waals surface area contributed by atoms with Crippen LogP contribution in [0.25, 0.3) is 5.78 Å². The highest BCUT2D eigenvalue weighted by atomic mass is 16.3. The second kappa shape index (κ2) is 6.12. The molecule has 2 heterocycles. The molecule has 3 rings (SSSR count). The fourth-order valence-electron chi connectivity index (χ4n) is 3.02. The van der Waals surface area contributed by atoms with Crippen LogP contribution in [0.2, 0.25) is 0 Å². The first-order valence-electron chi connectivity index (χ1n) is 7.84. The normalized spacial score (nSPS) is 15.8. The van der Waals surface area contributed by atoms with Gasteiger partial charge in [0.2, 0.25) is 5.78 Å². The fourth-order valence-corrected chi connectivity index (χ4v) is 3.02. The molecular formula is C16H24N4O. The molecule has 1 aliphatic rings. The van der Waals surface area contributed by atoms with Gasteiger partial charge in [0.1, 0.15) is 0 Å². The third kappa shape index (κ3) is 3.09. The van der Waals surface area contributed by atoms with Gasteiger partial charge >= 0.3 is 0 Å². The monoisotopic (exact) mass is 288 g/mol. The number of imidazole rings is 1. The average Bonchev–Trinajstić information content (AvgIpc) is 2.76. The quantitative estimate of drug-likeness (QED) is 0.884.